The molecule has 0 unspecified atom stereocenters. The van der Waals surface area contributed by atoms with Crippen LogP contribution in [0.5, 0.6) is 5.75 Å². The second kappa shape index (κ2) is 9.11. The van der Waals surface area contributed by atoms with Crippen LogP contribution in [0.4, 0.5) is 4.79 Å². The standard InChI is InChI=1S/C21H23N5O3/c1-15(2)29-21(27)25-8-6-18(7-9-25)26-20(12-23)17(13-24-26)14-28-19-5-3-4-16(10-19)11-22/h3-5,10,13,15,18H,6-9,14H2,1-2H3. The number of piperidine rings is 1. The Balaban J connectivity index is 1.63. The molecule has 0 spiro atoms. The molecule has 0 radical (unpaired) electrons. The number of aromatic nitrogens is 2. The van der Waals surface area contributed by atoms with E-state index in [1.54, 1.807) is 40.0 Å². The lowest BCUT2D eigenvalue weighted by atomic mass is 10.1. The number of nitrogens with zero attached hydrogens (tertiary/aromatic N) is 5. The molecule has 0 bridgehead atoms. The monoisotopic (exact) mass is 393 g/mol. The zero-order valence-electron chi connectivity index (χ0n) is 16.5. The molecule has 1 amide bonds. The Morgan fingerprint density at radius 3 is 2.69 bits per heavy atom. The van der Waals surface area contributed by atoms with Crippen molar-refractivity contribution in [2.45, 2.75) is 45.4 Å². The fourth-order valence-corrected chi connectivity index (χ4v) is 3.29. The molecular formula is C21H23N5O3. The summed E-state index contributed by atoms with van der Waals surface area (Å²) in [5.41, 5.74) is 1.67. The predicted octanol–water partition coefficient (Wildman–Crippen LogP) is 3.39. The third kappa shape index (κ3) is 4.85. The van der Waals surface area contributed by atoms with Gasteiger partial charge in [0.2, 0.25) is 0 Å². The van der Waals surface area contributed by atoms with Gasteiger partial charge in [0.1, 0.15) is 24.1 Å². The molecule has 1 aromatic heterocycles. The molecule has 0 atom stereocenters. The van der Waals surface area contributed by atoms with Gasteiger partial charge in [-0.25, -0.2) is 4.79 Å². The minimum Gasteiger partial charge on any atom is -0.489 e. The van der Waals surface area contributed by atoms with Crippen LogP contribution in [0.2, 0.25) is 0 Å². The number of amides is 1. The maximum Gasteiger partial charge on any atom is 0.410 e. The van der Waals surface area contributed by atoms with E-state index in [-0.39, 0.29) is 24.8 Å². The van der Waals surface area contributed by atoms with Crippen molar-refractivity contribution in [2.24, 2.45) is 0 Å². The Morgan fingerprint density at radius 1 is 1.28 bits per heavy atom. The number of benzene rings is 1. The quantitative estimate of drug-likeness (QED) is 0.771. The van der Waals surface area contributed by atoms with Crippen molar-refractivity contribution in [3.8, 4) is 17.9 Å². The number of likely N-dealkylation sites (tertiary alicyclic amines) is 1. The van der Waals surface area contributed by atoms with E-state index < -0.39 is 0 Å². The molecule has 1 aliphatic heterocycles. The van der Waals surface area contributed by atoms with Crippen molar-refractivity contribution < 1.29 is 14.3 Å². The average Bonchev–Trinajstić information content (AvgIpc) is 3.15. The van der Waals surface area contributed by atoms with Crippen LogP contribution in [-0.2, 0) is 11.3 Å². The Kier molecular flexibility index (Phi) is 6.36. The molecule has 8 heteroatoms. The molecule has 1 aromatic carbocycles. The zero-order chi connectivity index (χ0) is 20.8. The number of ether oxygens (including phenoxy) is 2. The molecule has 2 heterocycles. The topological polar surface area (TPSA) is 104 Å². The highest BCUT2D eigenvalue weighted by atomic mass is 16.6. The first-order chi connectivity index (χ1) is 14.0. The Morgan fingerprint density at radius 2 is 2.03 bits per heavy atom. The van der Waals surface area contributed by atoms with Crippen molar-refractivity contribution in [1.29, 1.82) is 10.5 Å². The fourth-order valence-electron chi connectivity index (χ4n) is 3.29. The summed E-state index contributed by atoms with van der Waals surface area (Å²) in [4.78, 5) is 13.7. The molecule has 150 valence electrons. The van der Waals surface area contributed by atoms with Crippen LogP contribution in [0.15, 0.2) is 30.5 Å². The first kappa shape index (κ1) is 20.2. The van der Waals surface area contributed by atoms with Crippen molar-refractivity contribution in [1.82, 2.24) is 14.7 Å². The van der Waals surface area contributed by atoms with Gasteiger partial charge in [0.05, 0.1) is 30.0 Å². The lowest BCUT2D eigenvalue weighted by Crippen LogP contribution is -2.40. The van der Waals surface area contributed by atoms with Gasteiger partial charge in [-0.15, -0.1) is 0 Å². The summed E-state index contributed by atoms with van der Waals surface area (Å²) >= 11 is 0. The lowest BCUT2D eigenvalue weighted by Gasteiger charge is -2.32. The summed E-state index contributed by atoms with van der Waals surface area (Å²) in [6.07, 6.45) is 2.61. The third-order valence-electron chi connectivity index (χ3n) is 4.74. The summed E-state index contributed by atoms with van der Waals surface area (Å²) in [6, 6.07) is 11.2. The number of rotatable bonds is 5. The molecule has 29 heavy (non-hydrogen) atoms. The van der Waals surface area contributed by atoms with Crippen LogP contribution in [0.3, 0.4) is 0 Å². The van der Waals surface area contributed by atoms with Gasteiger partial charge >= 0.3 is 6.09 Å². The molecule has 0 saturated carbocycles. The molecule has 1 aliphatic rings. The van der Waals surface area contributed by atoms with Gasteiger partial charge < -0.3 is 14.4 Å². The molecule has 1 saturated heterocycles. The number of hydrogen-bond donors (Lipinski definition) is 0. The summed E-state index contributed by atoms with van der Waals surface area (Å²) in [6.45, 7) is 4.97. The van der Waals surface area contributed by atoms with Gasteiger partial charge in [0, 0.05) is 18.7 Å². The summed E-state index contributed by atoms with van der Waals surface area (Å²) in [7, 11) is 0. The zero-order valence-corrected chi connectivity index (χ0v) is 16.5. The van der Waals surface area contributed by atoms with Gasteiger partial charge in [0.25, 0.3) is 0 Å². The maximum absolute atomic E-state index is 12.0. The second-order valence-electron chi connectivity index (χ2n) is 7.15. The highest BCUT2D eigenvalue weighted by Crippen LogP contribution is 2.26. The van der Waals surface area contributed by atoms with Crippen LogP contribution in [0.25, 0.3) is 0 Å². The van der Waals surface area contributed by atoms with Crippen molar-refractivity contribution in [3.63, 3.8) is 0 Å². The van der Waals surface area contributed by atoms with E-state index >= 15 is 0 Å². The number of hydrogen-bond acceptors (Lipinski definition) is 6. The summed E-state index contributed by atoms with van der Waals surface area (Å²) in [5, 5.41) is 23.0. The minimum atomic E-state index is -0.298. The van der Waals surface area contributed by atoms with E-state index in [0.29, 0.717) is 48.5 Å². The van der Waals surface area contributed by atoms with Crippen molar-refractivity contribution in [3.05, 3.63) is 47.3 Å². The Hall–Kier alpha value is -3.52. The SMILES string of the molecule is CC(C)OC(=O)N1CCC(n2ncc(COc3cccc(C#N)c3)c2C#N)CC1. The van der Waals surface area contributed by atoms with Gasteiger partial charge in [-0.3, -0.25) is 4.68 Å². The predicted molar refractivity (Wildman–Crippen MR) is 104 cm³/mol. The molecule has 2 aromatic rings. The van der Waals surface area contributed by atoms with Crippen LogP contribution in [0, 0.1) is 22.7 Å². The maximum atomic E-state index is 12.0. The minimum absolute atomic E-state index is 0.0448. The summed E-state index contributed by atoms with van der Waals surface area (Å²) < 4.78 is 12.7. The van der Waals surface area contributed by atoms with E-state index in [2.05, 4.69) is 17.2 Å². The van der Waals surface area contributed by atoms with E-state index in [0.717, 1.165) is 0 Å². The van der Waals surface area contributed by atoms with Crippen molar-refractivity contribution >= 4 is 6.09 Å². The van der Waals surface area contributed by atoms with E-state index in [4.69, 9.17) is 14.7 Å². The van der Waals surface area contributed by atoms with Crippen LogP contribution >= 0.6 is 0 Å². The molecular weight excluding hydrogens is 370 g/mol. The number of nitriles is 2. The highest BCUT2D eigenvalue weighted by Gasteiger charge is 2.27. The van der Waals surface area contributed by atoms with Crippen molar-refractivity contribution in [2.75, 3.05) is 13.1 Å². The van der Waals surface area contributed by atoms with Gasteiger partial charge in [-0.2, -0.15) is 15.6 Å². The van der Waals surface area contributed by atoms with E-state index in [9.17, 15) is 10.1 Å². The average molecular weight is 393 g/mol. The van der Waals surface area contributed by atoms with Crippen LogP contribution in [-0.4, -0.2) is 40.0 Å². The fraction of sp³-hybridized carbons (Fsp3) is 0.429. The lowest BCUT2D eigenvalue weighted by molar-refractivity contribution is 0.0652. The third-order valence-corrected chi connectivity index (χ3v) is 4.74. The molecule has 3 rings (SSSR count). The van der Waals surface area contributed by atoms with E-state index in [1.807, 2.05) is 13.8 Å². The molecule has 0 aliphatic carbocycles. The Bertz CT molecular complexity index is 946. The van der Waals surface area contributed by atoms with Crippen LogP contribution in [0.1, 0.15) is 49.6 Å². The first-order valence-electron chi connectivity index (χ1n) is 9.56. The highest BCUT2D eigenvalue weighted by molar-refractivity contribution is 5.67. The Labute approximate surface area is 169 Å². The van der Waals surface area contributed by atoms with Gasteiger partial charge in [0.15, 0.2) is 0 Å². The second-order valence-corrected chi connectivity index (χ2v) is 7.15. The number of carbonyl (C=O) groups is 1. The molecule has 0 N–H and O–H groups in total. The largest absolute Gasteiger partial charge is 0.489 e. The summed E-state index contributed by atoms with van der Waals surface area (Å²) in [5.74, 6) is 0.567. The van der Waals surface area contributed by atoms with Crippen LogP contribution < -0.4 is 4.74 Å². The van der Waals surface area contributed by atoms with Gasteiger partial charge in [-0.05, 0) is 44.9 Å². The first-order valence-corrected chi connectivity index (χ1v) is 9.56. The number of carbonyl (C=O) groups excluding carboxylic acids is 1. The molecule has 8 nitrogen and oxygen atoms in total. The molecule has 1 fully saturated rings. The van der Waals surface area contributed by atoms with E-state index in [1.165, 1.54) is 0 Å². The normalized spacial score (nSPS) is 14.3. The van der Waals surface area contributed by atoms with Gasteiger partial charge in [-0.1, -0.05) is 6.07 Å². The smallest absolute Gasteiger partial charge is 0.410 e.